The smallest absolute Gasteiger partial charge is 0.0654 e. The van der Waals surface area contributed by atoms with Gasteiger partial charge in [0.05, 0.1) is 19.3 Å². The molecule has 1 aromatic heterocycles. The van der Waals surface area contributed by atoms with Crippen LogP contribution >= 0.6 is 11.3 Å². The molecule has 3 rings (SSSR count). The first kappa shape index (κ1) is 14.5. The molecule has 3 N–H and O–H groups in total. The molecular weight excluding hydrogens is 270 g/mol. The topological polar surface area (TPSA) is 50.5 Å². The standard InChI is InChI=1S/C15H25N3OS/c1-12-13(4-11-20-12)14(17-16)15(5-2-3-6-15)18-7-9-19-10-8-18/h4,11,14,17H,2-3,5-10,16H2,1H3. The van der Waals surface area contributed by atoms with Crippen molar-refractivity contribution in [3.63, 3.8) is 0 Å². The Hall–Kier alpha value is -0.460. The van der Waals surface area contributed by atoms with Crippen molar-refractivity contribution in [2.45, 2.75) is 44.2 Å². The number of nitrogens with one attached hydrogen (secondary N) is 1. The van der Waals surface area contributed by atoms with E-state index in [1.807, 2.05) is 11.3 Å². The Morgan fingerprint density at radius 2 is 2.05 bits per heavy atom. The molecule has 2 heterocycles. The van der Waals surface area contributed by atoms with Gasteiger partial charge in [-0.1, -0.05) is 12.8 Å². The van der Waals surface area contributed by atoms with E-state index >= 15 is 0 Å². The van der Waals surface area contributed by atoms with Gasteiger partial charge in [-0.25, -0.2) is 0 Å². The van der Waals surface area contributed by atoms with E-state index in [0.29, 0.717) is 0 Å². The van der Waals surface area contributed by atoms with Gasteiger partial charge in [0.2, 0.25) is 0 Å². The minimum atomic E-state index is 0.171. The Morgan fingerprint density at radius 1 is 1.35 bits per heavy atom. The number of nitrogens with zero attached hydrogens (tertiary/aromatic N) is 1. The maximum Gasteiger partial charge on any atom is 0.0654 e. The minimum absolute atomic E-state index is 0.171. The lowest BCUT2D eigenvalue weighted by atomic mass is 9.82. The van der Waals surface area contributed by atoms with Crippen LogP contribution in [-0.2, 0) is 4.74 Å². The zero-order chi connectivity index (χ0) is 14.0. The van der Waals surface area contributed by atoms with E-state index in [4.69, 9.17) is 10.6 Å². The Kier molecular flexibility index (Phi) is 4.43. The number of rotatable bonds is 4. The third kappa shape index (κ3) is 2.42. The predicted molar refractivity (Wildman–Crippen MR) is 82.7 cm³/mol. The molecule has 0 amide bonds. The molecule has 2 fully saturated rings. The summed E-state index contributed by atoms with van der Waals surface area (Å²) in [5, 5.41) is 2.18. The van der Waals surface area contributed by atoms with Crippen LogP contribution in [0.2, 0.25) is 0 Å². The molecule has 1 aliphatic heterocycles. The van der Waals surface area contributed by atoms with E-state index < -0.39 is 0 Å². The average molecular weight is 295 g/mol. The number of hydrogen-bond donors (Lipinski definition) is 2. The molecule has 5 heteroatoms. The summed E-state index contributed by atoms with van der Waals surface area (Å²) in [4.78, 5) is 4.01. The van der Waals surface area contributed by atoms with Crippen molar-refractivity contribution in [1.82, 2.24) is 10.3 Å². The molecule has 112 valence electrons. The zero-order valence-electron chi connectivity index (χ0n) is 12.2. The van der Waals surface area contributed by atoms with Gasteiger partial charge < -0.3 is 4.74 Å². The van der Waals surface area contributed by atoms with Crippen molar-refractivity contribution in [3.05, 3.63) is 21.9 Å². The molecule has 20 heavy (non-hydrogen) atoms. The highest BCUT2D eigenvalue weighted by molar-refractivity contribution is 7.10. The lowest BCUT2D eigenvalue weighted by molar-refractivity contribution is -0.0364. The van der Waals surface area contributed by atoms with E-state index in [2.05, 4.69) is 28.7 Å². The van der Waals surface area contributed by atoms with Crippen molar-refractivity contribution >= 4 is 11.3 Å². The second-order valence-corrected chi connectivity index (χ2v) is 7.06. The SMILES string of the molecule is Cc1sccc1C(NN)C1(N2CCOCC2)CCCC1. The van der Waals surface area contributed by atoms with Crippen LogP contribution in [0.4, 0.5) is 0 Å². The van der Waals surface area contributed by atoms with Crippen molar-refractivity contribution < 1.29 is 4.74 Å². The van der Waals surface area contributed by atoms with E-state index in [0.717, 1.165) is 26.3 Å². The highest BCUT2D eigenvalue weighted by Crippen LogP contribution is 2.45. The van der Waals surface area contributed by atoms with Crippen LogP contribution < -0.4 is 11.3 Å². The zero-order valence-corrected chi connectivity index (χ0v) is 13.0. The van der Waals surface area contributed by atoms with Crippen molar-refractivity contribution in [1.29, 1.82) is 0 Å². The molecule has 0 bridgehead atoms. The minimum Gasteiger partial charge on any atom is -0.379 e. The Bertz CT molecular complexity index is 436. The summed E-state index contributed by atoms with van der Waals surface area (Å²) >= 11 is 1.81. The normalized spacial score (nSPS) is 24.9. The van der Waals surface area contributed by atoms with Crippen LogP contribution in [0.15, 0.2) is 11.4 Å². The number of aryl methyl sites for hydroxylation is 1. The number of hydrogen-bond acceptors (Lipinski definition) is 5. The van der Waals surface area contributed by atoms with Crippen LogP contribution in [0.3, 0.4) is 0 Å². The molecule has 4 nitrogen and oxygen atoms in total. The molecule has 0 radical (unpaired) electrons. The summed E-state index contributed by atoms with van der Waals surface area (Å²) in [5.41, 5.74) is 4.70. The molecule has 1 saturated carbocycles. The fourth-order valence-electron chi connectivity index (χ4n) is 4.01. The van der Waals surface area contributed by atoms with Crippen LogP contribution in [0.25, 0.3) is 0 Å². The van der Waals surface area contributed by atoms with Gasteiger partial charge in [-0.3, -0.25) is 16.2 Å². The second-order valence-electron chi connectivity index (χ2n) is 5.94. The quantitative estimate of drug-likeness (QED) is 0.660. The van der Waals surface area contributed by atoms with Crippen molar-refractivity contribution in [2.24, 2.45) is 5.84 Å². The summed E-state index contributed by atoms with van der Waals surface area (Å²) in [7, 11) is 0. The fraction of sp³-hybridized carbons (Fsp3) is 0.733. The van der Waals surface area contributed by atoms with Crippen LogP contribution in [0, 0.1) is 6.92 Å². The molecule has 0 spiro atoms. The maximum absolute atomic E-state index is 6.00. The summed E-state index contributed by atoms with van der Waals surface area (Å²) in [6, 6.07) is 2.47. The van der Waals surface area contributed by atoms with Crippen LogP contribution in [0.5, 0.6) is 0 Å². The monoisotopic (exact) mass is 295 g/mol. The Balaban J connectivity index is 1.93. The fourth-order valence-corrected chi connectivity index (χ4v) is 4.75. The molecule has 1 saturated heterocycles. The number of nitrogens with two attached hydrogens (primary N) is 1. The van der Waals surface area contributed by atoms with Crippen molar-refractivity contribution in [3.8, 4) is 0 Å². The summed E-state index contributed by atoms with van der Waals surface area (Å²) in [5.74, 6) is 6.00. The number of thiophene rings is 1. The molecule has 1 aromatic rings. The molecule has 1 aliphatic carbocycles. The lowest BCUT2D eigenvalue weighted by Gasteiger charge is -2.48. The second kappa shape index (κ2) is 6.12. The highest BCUT2D eigenvalue weighted by atomic mass is 32.1. The summed E-state index contributed by atoms with van der Waals surface area (Å²) in [6.07, 6.45) is 5.08. The first-order valence-corrected chi connectivity index (χ1v) is 8.49. The molecule has 0 aromatic carbocycles. The molecule has 1 unspecified atom stereocenters. The first-order valence-electron chi connectivity index (χ1n) is 7.61. The van der Waals surface area contributed by atoms with Gasteiger partial charge in [0.1, 0.15) is 0 Å². The summed E-state index contributed by atoms with van der Waals surface area (Å²) < 4.78 is 5.54. The molecule has 1 atom stereocenters. The van der Waals surface area contributed by atoms with Gasteiger partial charge in [-0.15, -0.1) is 11.3 Å². The van der Waals surface area contributed by atoms with Gasteiger partial charge in [-0.2, -0.15) is 0 Å². The number of hydrazine groups is 1. The van der Waals surface area contributed by atoms with Crippen molar-refractivity contribution in [2.75, 3.05) is 26.3 Å². The largest absolute Gasteiger partial charge is 0.379 e. The number of morpholine rings is 1. The van der Waals surface area contributed by atoms with Gasteiger partial charge in [0, 0.05) is 23.5 Å². The predicted octanol–water partition coefficient (Wildman–Crippen LogP) is 2.21. The van der Waals surface area contributed by atoms with Gasteiger partial charge >= 0.3 is 0 Å². The van der Waals surface area contributed by atoms with E-state index in [1.165, 1.54) is 36.1 Å². The first-order chi connectivity index (χ1) is 9.78. The third-order valence-corrected chi connectivity index (χ3v) is 5.89. The van der Waals surface area contributed by atoms with E-state index in [9.17, 15) is 0 Å². The lowest BCUT2D eigenvalue weighted by Crippen LogP contribution is -2.59. The van der Waals surface area contributed by atoms with Crippen LogP contribution in [-0.4, -0.2) is 36.7 Å². The van der Waals surface area contributed by atoms with Gasteiger partial charge in [-0.05, 0) is 36.8 Å². The highest BCUT2D eigenvalue weighted by Gasteiger charge is 2.47. The third-order valence-electron chi connectivity index (χ3n) is 5.02. The Labute approximate surface area is 125 Å². The van der Waals surface area contributed by atoms with E-state index in [1.54, 1.807) is 0 Å². The molecular formula is C15H25N3OS. The van der Waals surface area contributed by atoms with E-state index in [-0.39, 0.29) is 11.6 Å². The average Bonchev–Trinajstić information content (AvgIpc) is 3.12. The van der Waals surface area contributed by atoms with Gasteiger partial charge in [0.15, 0.2) is 0 Å². The number of ether oxygens (including phenoxy) is 1. The molecule has 2 aliphatic rings. The summed E-state index contributed by atoms with van der Waals surface area (Å²) in [6.45, 7) is 5.96. The van der Waals surface area contributed by atoms with Gasteiger partial charge in [0.25, 0.3) is 0 Å². The van der Waals surface area contributed by atoms with Crippen LogP contribution in [0.1, 0.15) is 42.2 Å². The Morgan fingerprint density at radius 3 is 2.60 bits per heavy atom. The maximum atomic E-state index is 6.00.